The van der Waals surface area contributed by atoms with Gasteiger partial charge in [0.25, 0.3) is 0 Å². The summed E-state index contributed by atoms with van der Waals surface area (Å²) in [5.41, 5.74) is 0.0873. The molecule has 1 atom stereocenters. The van der Waals surface area contributed by atoms with Gasteiger partial charge >= 0.3 is 12.1 Å². The van der Waals surface area contributed by atoms with Gasteiger partial charge in [-0.3, -0.25) is 4.79 Å². The summed E-state index contributed by atoms with van der Waals surface area (Å²) in [6, 6.07) is 10.1. The van der Waals surface area contributed by atoms with Gasteiger partial charge in [-0.25, -0.2) is 0 Å². The molecule has 0 aliphatic carbocycles. The Morgan fingerprint density at radius 2 is 1.75 bits per heavy atom. The molecule has 0 radical (unpaired) electrons. The van der Waals surface area contributed by atoms with Crippen LogP contribution >= 0.6 is 11.6 Å². The van der Waals surface area contributed by atoms with Crippen molar-refractivity contribution >= 4 is 17.6 Å². The lowest BCUT2D eigenvalue weighted by Gasteiger charge is -2.12. The zero-order valence-electron chi connectivity index (χ0n) is 15.1. The monoisotopic (exact) mass is 416 g/mol. The fourth-order valence-corrected chi connectivity index (χ4v) is 2.73. The molecule has 1 N–H and O–H groups in total. The number of benzene rings is 2. The van der Waals surface area contributed by atoms with Crippen molar-refractivity contribution in [2.75, 3.05) is 13.2 Å². The van der Waals surface area contributed by atoms with Crippen LogP contribution in [0, 0.1) is 0 Å². The average molecular weight is 417 g/mol. The number of carboxylic acid groups (broad SMARTS) is 1. The van der Waals surface area contributed by atoms with Crippen molar-refractivity contribution in [1.29, 1.82) is 0 Å². The Labute approximate surface area is 165 Å². The smallest absolute Gasteiger partial charge is 0.416 e. The normalized spacial score (nSPS) is 12.5. The standard InChI is InChI=1S/C20H20ClF3O4/c1-13(11-19(25)26)14-3-6-16(7-4-14)27-9-2-10-28-18-8-5-15(12-17(18)21)20(22,23)24/h3-8,12-13H,2,9-11H2,1H3,(H,25,26). The topological polar surface area (TPSA) is 55.8 Å². The summed E-state index contributed by atoms with van der Waals surface area (Å²) in [5.74, 6) is -0.111. The Kier molecular flexibility index (Phi) is 7.57. The number of ether oxygens (including phenoxy) is 2. The molecule has 4 nitrogen and oxygen atoms in total. The van der Waals surface area contributed by atoms with E-state index in [4.69, 9.17) is 26.2 Å². The van der Waals surface area contributed by atoms with Gasteiger partial charge in [0, 0.05) is 6.42 Å². The lowest BCUT2D eigenvalue weighted by atomic mass is 9.98. The number of carboxylic acids is 1. The van der Waals surface area contributed by atoms with E-state index in [1.54, 1.807) is 12.1 Å². The van der Waals surface area contributed by atoms with Crippen molar-refractivity contribution < 1.29 is 32.5 Å². The summed E-state index contributed by atoms with van der Waals surface area (Å²) < 4.78 is 48.8. The van der Waals surface area contributed by atoms with E-state index >= 15 is 0 Å². The first-order valence-corrected chi connectivity index (χ1v) is 8.98. The molecule has 0 amide bonds. The molecule has 0 aliphatic heterocycles. The van der Waals surface area contributed by atoms with Crippen molar-refractivity contribution in [2.45, 2.75) is 31.9 Å². The number of alkyl halides is 3. The van der Waals surface area contributed by atoms with Crippen molar-refractivity contribution in [3.05, 3.63) is 58.6 Å². The van der Waals surface area contributed by atoms with Gasteiger partial charge < -0.3 is 14.6 Å². The van der Waals surface area contributed by atoms with Gasteiger partial charge in [0.05, 0.1) is 30.2 Å². The van der Waals surface area contributed by atoms with E-state index in [0.717, 1.165) is 17.7 Å². The third-order valence-electron chi connectivity index (χ3n) is 4.00. The quantitative estimate of drug-likeness (QED) is 0.526. The first kappa shape index (κ1) is 21.9. The minimum atomic E-state index is -4.45. The molecule has 2 rings (SSSR count). The summed E-state index contributed by atoms with van der Waals surface area (Å²) >= 11 is 5.82. The molecule has 0 fully saturated rings. The fourth-order valence-electron chi connectivity index (χ4n) is 2.50. The van der Waals surface area contributed by atoms with Gasteiger partial charge in [-0.2, -0.15) is 13.2 Å². The Morgan fingerprint density at radius 1 is 1.11 bits per heavy atom. The van der Waals surface area contributed by atoms with E-state index in [9.17, 15) is 18.0 Å². The molecule has 0 aromatic heterocycles. The van der Waals surface area contributed by atoms with Crippen LogP contribution in [0.4, 0.5) is 13.2 Å². The number of carbonyl (C=O) groups is 1. The highest BCUT2D eigenvalue weighted by molar-refractivity contribution is 6.32. The maximum Gasteiger partial charge on any atom is 0.416 e. The molecule has 2 aromatic rings. The average Bonchev–Trinajstić information content (AvgIpc) is 2.61. The summed E-state index contributed by atoms with van der Waals surface area (Å²) in [4.78, 5) is 10.7. The maximum atomic E-state index is 12.6. The van der Waals surface area contributed by atoms with Crippen LogP contribution in [-0.4, -0.2) is 24.3 Å². The SMILES string of the molecule is CC(CC(=O)O)c1ccc(OCCCOc2ccc(C(F)(F)F)cc2Cl)cc1. The van der Waals surface area contributed by atoms with Crippen LogP contribution in [0.1, 0.15) is 36.8 Å². The molecule has 0 saturated heterocycles. The van der Waals surface area contributed by atoms with Crippen LogP contribution < -0.4 is 9.47 Å². The molecular weight excluding hydrogens is 397 g/mol. The van der Waals surface area contributed by atoms with Crippen LogP contribution in [0.5, 0.6) is 11.5 Å². The molecule has 0 saturated carbocycles. The Morgan fingerprint density at radius 3 is 2.32 bits per heavy atom. The molecule has 0 aliphatic rings. The summed E-state index contributed by atoms with van der Waals surface area (Å²) in [7, 11) is 0. The fraction of sp³-hybridized carbons (Fsp3) is 0.350. The molecule has 0 spiro atoms. The van der Waals surface area contributed by atoms with E-state index in [2.05, 4.69) is 0 Å². The van der Waals surface area contributed by atoms with Crippen LogP contribution in [0.3, 0.4) is 0 Å². The van der Waals surface area contributed by atoms with Gasteiger partial charge in [0.2, 0.25) is 0 Å². The van der Waals surface area contributed by atoms with Gasteiger partial charge in [0.15, 0.2) is 0 Å². The lowest BCUT2D eigenvalue weighted by Crippen LogP contribution is -2.07. The number of hydrogen-bond acceptors (Lipinski definition) is 3. The predicted molar refractivity (Wildman–Crippen MR) is 99.2 cm³/mol. The molecule has 1 unspecified atom stereocenters. The van der Waals surface area contributed by atoms with Crippen molar-refractivity contribution in [3.8, 4) is 11.5 Å². The summed E-state index contributed by atoms with van der Waals surface area (Å²) in [6.07, 6.45) is -3.88. The van der Waals surface area contributed by atoms with Crippen molar-refractivity contribution in [1.82, 2.24) is 0 Å². The molecular formula is C20H20ClF3O4. The highest BCUT2D eigenvalue weighted by atomic mass is 35.5. The van der Waals surface area contributed by atoms with E-state index in [-0.39, 0.29) is 29.7 Å². The number of hydrogen-bond donors (Lipinski definition) is 1. The maximum absolute atomic E-state index is 12.6. The molecule has 0 bridgehead atoms. The molecule has 8 heteroatoms. The van der Waals surface area contributed by atoms with Crippen LogP contribution in [-0.2, 0) is 11.0 Å². The Balaban J connectivity index is 1.75. The van der Waals surface area contributed by atoms with E-state index in [1.165, 1.54) is 6.07 Å². The lowest BCUT2D eigenvalue weighted by molar-refractivity contribution is -0.138. The summed E-state index contributed by atoms with van der Waals surface area (Å²) in [6.45, 7) is 2.43. The first-order chi connectivity index (χ1) is 13.2. The second-order valence-corrected chi connectivity index (χ2v) is 6.67. The van der Waals surface area contributed by atoms with Crippen molar-refractivity contribution in [3.63, 3.8) is 0 Å². The zero-order valence-corrected chi connectivity index (χ0v) is 15.9. The van der Waals surface area contributed by atoms with Crippen LogP contribution in [0.15, 0.2) is 42.5 Å². The zero-order chi connectivity index (χ0) is 20.7. The Hall–Kier alpha value is -2.41. The number of aliphatic carboxylic acids is 1. The number of halogens is 4. The van der Waals surface area contributed by atoms with E-state index < -0.39 is 17.7 Å². The van der Waals surface area contributed by atoms with E-state index in [1.807, 2.05) is 19.1 Å². The molecule has 2 aromatic carbocycles. The predicted octanol–water partition coefficient (Wildman–Crippen LogP) is 5.78. The minimum Gasteiger partial charge on any atom is -0.493 e. The van der Waals surface area contributed by atoms with Crippen molar-refractivity contribution in [2.24, 2.45) is 0 Å². The molecule has 152 valence electrons. The third kappa shape index (κ3) is 6.64. The van der Waals surface area contributed by atoms with Gasteiger partial charge in [-0.05, 0) is 41.8 Å². The number of rotatable bonds is 9. The highest BCUT2D eigenvalue weighted by Gasteiger charge is 2.31. The van der Waals surface area contributed by atoms with Crippen LogP contribution in [0.25, 0.3) is 0 Å². The second-order valence-electron chi connectivity index (χ2n) is 6.26. The molecule has 0 heterocycles. The minimum absolute atomic E-state index is 0.0596. The van der Waals surface area contributed by atoms with Gasteiger partial charge in [-0.1, -0.05) is 30.7 Å². The van der Waals surface area contributed by atoms with E-state index in [0.29, 0.717) is 18.8 Å². The first-order valence-electron chi connectivity index (χ1n) is 8.61. The highest BCUT2D eigenvalue weighted by Crippen LogP contribution is 2.34. The summed E-state index contributed by atoms with van der Waals surface area (Å²) in [5, 5.41) is 8.72. The van der Waals surface area contributed by atoms with Gasteiger partial charge in [0.1, 0.15) is 11.5 Å². The Bertz CT molecular complexity index is 791. The van der Waals surface area contributed by atoms with Gasteiger partial charge in [-0.15, -0.1) is 0 Å². The third-order valence-corrected chi connectivity index (χ3v) is 4.30. The largest absolute Gasteiger partial charge is 0.493 e. The molecule has 28 heavy (non-hydrogen) atoms. The van der Waals surface area contributed by atoms with Crippen LogP contribution in [0.2, 0.25) is 5.02 Å². The second kappa shape index (κ2) is 9.68.